The summed E-state index contributed by atoms with van der Waals surface area (Å²) in [6.07, 6.45) is -1.02. The minimum atomic E-state index is -1.02. The van der Waals surface area contributed by atoms with Crippen LogP contribution in [0, 0.1) is 0 Å². The van der Waals surface area contributed by atoms with Crippen molar-refractivity contribution in [3.63, 3.8) is 0 Å². The second-order valence-corrected chi connectivity index (χ2v) is 2.68. The normalized spacial score (nSPS) is 9.20. The molecule has 0 fully saturated rings. The maximum atomic E-state index is 10.8. The quantitative estimate of drug-likeness (QED) is 0.504. The average molecular weight is 210 g/mol. The number of rotatable bonds is 2. The van der Waals surface area contributed by atoms with E-state index in [0.717, 1.165) is 0 Å². The lowest BCUT2D eigenvalue weighted by atomic mass is 10.3. The third kappa shape index (κ3) is 3.28. The van der Waals surface area contributed by atoms with Crippen LogP contribution >= 0.6 is 0 Å². The molecule has 3 N–H and O–H groups in total. The molecule has 0 aliphatic heterocycles. The summed E-state index contributed by atoms with van der Waals surface area (Å²) >= 11 is 0. The lowest BCUT2D eigenvalue weighted by Crippen LogP contribution is -2.23. The van der Waals surface area contributed by atoms with Crippen molar-refractivity contribution in [2.45, 2.75) is 6.92 Å². The van der Waals surface area contributed by atoms with Gasteiger partial charge in [-0.15, -0.1) is 0 Å². The van der Waals surface area contributed by atoms with Gasteiger partial charge in [-0.3, -0.25) is 10.0 Å². The zero-order chi connectivity index (χ0) is 11.3. The first-order chi connectivity index (χ1) is 7.13. The molecule has 0 radical (unpaired) electrons. The summed E-state index contributed by atoms with van der Waals surface area (Å²) in [7, 11) is 0. The van der Waals surface area contributed by atoms with E-state index in [0.29, 0.717) is 5.69 Å². The van der Waals surface area contributed by atoms with E-state index in [1.54, 1.807) is 18.2 Å². The fraction of sp³-hybridized carbons (Fsp3) is 0.111. The number of anilines is 1. The van der Waals surface area contributed by atoms with Crippen LogP contribution in [0.5, 0.6) is 5.75 Å². The number of hydrogen-bond donors (Lipinski definition) is 3. The average Bonchev–Trinajstić information content (AvgIpc) is 2.20. The van der Waals surface area contributed by atoms with Crippen molar-refractivity contribution in [1.82, 2.24) is 5.48 Å². The Hall–Kier alpha value is -2.08. The second kappa shape index (κ2) is 4.97. The lowest BCUT2D eigenvalue weighted by Gasteiger charge is -2.08. The van der Waals surface area contributed by atoms with Crippen LogP contribution < -0.4 is 15.5 Å². The SMILES string of the molecule is CC(=O)Nc1ccccc1OC(=O)NO. The van der Waals surface area contributed by atoms with Gasteiger partial charge in [-0.05, 0) is 12.1 Å². The molecule has 0 heterocycles. The highest BCUT2D eigenvalue weighted by Gasteiger charge is 2.08. The molecule has 15 heavy (non-hydrogen) atoms. The van der Waals surface area contributed by atoms with Crippen LogP contribution in [0.1, 0.15) is 6.92 Å². The van der Waals surface area contributed by atoms with Gasteiger partial charge in [0.05, 0.1) is 5.69 Å². The molecular weight excluding hydrogens is 200 g/mol. The van der Waals surface area contributed by atoms with Gasteiger partial charge >= 0.3 is 6.09 Å². The van der Waals surface area contributed by atoms with Crippen LogP contribution in [-0.2, 0) is 4.79 Å². The molecule has 0 spiro atoms. The molecule has 6 nitrogen and oxygen atoms in total. The summed E-state index contributed by atoms with van der Waals surface area (Å²) in [5, 5.41) is 10.7. The molecule has 0 atom stereocenters. The highest BCUT2D eigenvalue weighted by atomic mass is 16.6. The third-order valence-corrected chi connectivity index (χ3v) is 1.49. The molecule has 0 aliphatic rings. The van der Waals surface area contributed by atoms with Crippen molar-refractivity contribution >= 4 is 17.7 Å². The lowest BCUT2D eigenvalue weighted by molar-refractivity contribution is -0.114. The summed E-state index contributed by atoms with van der Waals surface area (Å²) in [5.74, 6) is -0.130. The van der Waals surface area contributed by atoms with Gasteiger partial charge in [0.1, 0.15) is 0 Å². The van der Waals surface area contributed by atoms with Crippen molar-refractivity contribution in [3.05, 3.63) is 24.3 Å². The van der Waals surface area contributed by atoms with Crippen LogP contribution in [0.15, 0.2) is 24.3 Å². The van der Waals surface area contributed by atoms with Crippen molar-refractivity contribution in [1.29, 1.82) is 0 Å². The van der Waals surface area contributed by atoms with Gasteiger partial charge in [0, 0.05) is 6.92 Å². The topological polar surface area (TPSA) is 87.7 Å². The number of benzene rings is 1. The first kappa shape index (κ1) is 11.0. The molecule has 1 aromatic carbocycles. The van der Waals surface area contributed by atoms with Gasteiger partial charge in [0.25, 0.3) is 0 Å². The molecule has 0 bridgehead atoms. The van der Waals surface area contributed by atoms with E-state index < -0.39 is 6.09 Å². The Morgan fingerprint density at radius 3 is 2.60 bits per heavy atom. The number of para-hydroxylation sites is 2. The standard InChI is InChI=1S/C9H10N2O4/c1-6(12)10-7-4-2-3-5-8(7)15-9(13)11-14/h2-5,14H,1H3,(H,10,12)(H,11,13). The summed E-state index contributed by atoms with van der Waals surface area (Å²) < 4.78 is 4.68. The van der Waals surface area contributed by atoms with Crippen molar-refractivity contribution in [2.75, 3.05) is 5.32 Å². The molecule has 0 aliphatic carbocycles. The number of hydrogen-bond acceptors (Lipinski definition) is 4. The van der Waals surface area contributed by atoms with Crippen molar-refractivity contribution < 1.29 is 19.5 Å². The van der Waals surface area contributed by atoms with E-state index in [2.05, 4.69) is 10.1 Å². The minimum absolute atomic E-state index is 0.152. The molecule has 0 unspecified atom stereocenters. The number of ether oxygens (including phenoxy) is 1. The Balaban J connectivity index is 2.85. The van der Waals surface area contributed by atoms with Crippen LogP contribution in [-0.4, -0.2) is 17.2 Å². The summed E-state index contributed by atoms with van der Waals surface area (Å²) in [4.78, 5) is 21.5. The smallest absolute Gasteiger partial charge is 0.407 e. The summed E-state index contributed by atoms with van der Waals surface area (Å²) in [6.45, 7) is 1.34. The fourth-order valence-electron chi connectivity index (χ4n) is 0.971. The molecule has 1 aromatic rings. The predicted octanol–water partition coefficient (Wildman–Crippen LogP) is 1.12. The van der Waals surface area contributed by atoms with Crippen LogP contribution in [0.2, 0.25) is 0 Å². The third-order valence-electron chi connectivity index (χ3n) is 1.49. The Kier molecular flexibility index (Phi) is 3.64. The van der Waals surface area contributed by atoms with Gasteiger partial charge in [-0.25, -0.2) is 10.3 Å². The maximum Gasteiger partial charge on any atom is 0.436 e. The Labute approximate surface area is 85.8 Å². The Morgan fingerprint density at radius 2 is 2.00 bits per heavy atom. The largest absolute Gasteiger partial charge is 0.436 e. The molecular formula is C9H10N2O4. The maximum absolute atomic E-state index is 10.8. The number of carbonyl (C=O) groups is 2. The second-order valence-electron chi connectivity index (χ2n) is 2.68. The first-order valence-electron chi connectivity index (χ1n) is 4.12. The number of amides is 2. The zero-order valence-electron chi connectivity index (χ0n) is 7.98. The van der Waals surface area contributed by atoms with Crippen LogP contribution in [0.4, 0.5) is 10.5 Å². The molecule has 1 rings (SSSR count). The van der Waals surface area contributed by atoms with Gasteiger partial charge in [0.15, 0.2) is 5.75 Å². The number of hydroxylamine groups is 1. The van der Waals surface area contributed by atoms with Gasteiger partial charge in [-0.2, -0.15) is 0 Å². The molecule has 2 amide bonds. The van der Waals surface area contributed by atoms with Crippen LogP contribution in [0.3, 0.4) is 0 Å². The monoisotopic (exact) mass is 210 g/mol. The first-order valence-corrected chi connectivity index (χ1v) is 4.12. The van der Waals surface area contributed by atoms with Crippen molar-refractivity contribution in [2.24, 2.45) is 0 Å². The van der Waals surface area contributed by atoms with Crippen molar-refractivity contribution in [3.8, 4) is 5.75 Å². The Morgan fingerprint density at radius 1 is 1.33 bits per heavy atom. The van der Waals surface area contributed by atoms with E-state index in [1.165, 1.54) is 18.5 Å². The minimum Gasteiger partial charge on any atom is -0.407 e. The summed E-state index contributed by atoms with van der Waals surface area (Å²) in [5.41, 5.74) is 1.68. The van der Waals surface area contributed by atoms with E-state index >= 15 is 0 Å². The van der Waals surface area contributed by atoms with Gasteiger partial charge < -0.3 is 10.1 Å². The molecule has 6 heteroatoms. The van der Waals surface area contributed by atoms with E-state index in [1.807, 2.05) is 0 Å². The molecule has 80 valence electrons. The summed E-state index contributed by atoms with van der Waals surface area (Å²) in [6, 6.07) is 6.36. The highest BCUT2D eigenvalue weighted by Crippen LogP contribution is 2.23. The van der Waals surface area contributed by atoms with Gasteiger partial charge in [-0.1, -0.05) is 12.1 Å². The Bertz CT molecular complexity index is 378. The van der Waals surface area contributed by atoms with Gasteiger partial charge in [0.2, 0.25) is 5.91 Å². The number of nitrogens with one attached hydrogen (secondary N) is 2. The highest BCUT2D eigenvalue weighted by molar-refractivity contribution is 5.90. The molecule has 0 saturated heterocycles. The van der Waals surface area contributed by atoms with Crippen LogP contribution in [0.25, 0.3) is 0 Å². The predicted molar refractivity (Wildman–Crippen MR) is 51.7 cm³/mol. The van der Waals surface area contributed by atoms with E-state index in [4.69, 9.17) is 5.21 Å². The molecule has 0 aromatic heterocycles. The molecule has 0 saturated carbocycles. The van der Waals surface area contributed by atoms with E-state index in [9.17, 15) is 9.59 Å². The fourth-order valence-corrected chi connectivity index (χ4v) is 0.971. The number of carbonyl (C=O) groups excluding carboxylic acids is 2. The zero-order valence-corrected chi connectivity index (χ0v) is 7.98. The van der Waals surface area contributed by atoms with E-state index in [-0.39, 0.29) is 11.7 Å².